The molecule has 2 unspecified atom stereocenters. The first-order valence-corrected chi connectivity index (χ1v) is 13.1. The van der Waals surface area contributed by atoms with Crippen LogP contribution in [0.25, 0.3) is 0 Å². The second kappa shape index (κ2) is 8.88. The SMILES string of the molecule is CC(C)(C)[Si](C)(C)OC(CCCC1C=CCCC1)c1ccc(Cl)cc1. The predicted molar refractivity (Wildman–Crippen MR) is 113 cm³/mol. The van der Waals surface area contributed by atoms with Crippen LogP contribution < -0.4 is 0 Å². The molecular formula is C22H35ClOSi. The third-order valence-electron chi connectivity index (χ3n) is 5.88. The van der Waals surface area contributed by atoms with Gasteiger partial charge in [0, 0.05) is 5.02 Å². The molecule has 0 aromatic heterocycles. The molecule has 3 heteroatoms. The topological polar surface area (TPSA) is 9.23 Å². The van der Waals surface area contributed by atoms with Crippen LogP contribution in [0.1, 0.15) is 71.0 Å². The van der Waals surface area contributed by atoms with Crippen molar-refractivity contribution in [3.8, 4) is 0 Å². The molecule has 0 bridgehead atoms. The Bertz CT molecular complexity index is 556. The summed E-state index contributed by atoms with van der Waals surface area (Å²) in [7, 11) is -1.80. The van der Waals surface area contributed by atoms with Crippen LogP contribution in [0.2, 0.25) is 23.2 Å². The van der Waals surface area contributed by atoms with Crippen LogP contribution in [-0.2, 0) is 4.43 Å². The van der Waals surface area contributed by atoms with Gasteiger partial charge in [-0.25, -0.2) is 0 Å². The first-order valence-electron chi connectivity index (χ1n) is 9.79. The quantitative estimate of drug-likeness (QED) is 0.345. The van der Waals surface area contributed by atoms with Crippen molar-refractivity contribution in [3.63, 3.8) is 0 Å². The highest BCUT2D eigenvalue weighted by atomic mass is 35.5. The van der Waals surface area contributed by atoms with Gasteiger partial charge in [0.25, 0.3) is 0 Å². The van der Waals surface area contributed by atoms with Crippen molar-refractivity contribution in [2.45, 2.75) is 83.5 Å². The van der Waals surface area contributed by atoms with E-state index in [-0.39, 0.29) is 11.1 Å². The summed E-state index contributed by atoms with van der Waals surface area (Å²) < 4.78 is 6.80. The van der Waals surface area contributed by atoms with Crippen LogP contribution in [-0.4, -0.2) is 8.32 Å². The molecule has 1 aliphatic rings. The van der Waals surface area contributed by atoms with Crippen LogP contribution in [0.5, 0.6) is 0 Å². The zero-order chi connectivity index (χ0) is 18.5. The van der Waals surface area contributed by atoms with Crippen molar-refractivity contribution >= 4 is 19.9 Å². The van der Waals surface area contributed by atoms with Crippen molar-refractivity contribution in [1.29, 1.82) is 0 Å². The molecule has 25 heavy (non-hydrogen) atoms. The Morgan fingerprint density at radius 3 is 2.44 bits per heavy atom. The van der Waals surface area contributed by atoms with Crippen molar-refractivity contribution in [3.05, 3.63) is 47.0 Å². The lowest BCUT2D eigenvalue weighted by molar-refractivity contribution is 0.168. The van der Waals surface area contributed by atoms with Gasteiger partial charge >= 0.3 is 0 Å². The molecule has 0 spiro atoms. The Balaban J connectivity index is 2.04. The van der Waals surface area contributed by atoms with Crippen LogP contribution in [0, 0.1) is 5.92 Å². The number of hydrogen-bond donors (Lipinski definition) is 0. The second-order valence-corrected chi connectivity index (χ2v) is 14.2. The Morgan fingerprint density at radius 2 is 1.88 bits per heavy atom. The van der Waals surface area contributed by atoms with Gasteiger partial charge in [0.15, 0.2) is 8.32 Å². The molecule has 0 heterocycles. The fraction of sp³-hybridized carbons (Fsp3) is 0.636. The van der Waals surface area contributed by atoms with E-state index in [0.717, 1.165) is 17.4 Å². The van der Waals surface area contributed by atoms with Crippen LogP contribution in [0.4, 0.5) is 0 Å². The van der Waals surface area contributed by atoms with E-state index in [2.05, 4.69) is 58.2 Å². The maximum Gasteiger partial charge on any atom is 0.192 e. The summed E-state index contributed by atoms with van der Waals surface area (Å²) in [4.78, 5) is 0. The van der Waals surface area contributed by atoms with E-state index in [0.29, 0.717) is 0 Å². The predicted octanol–water partition coefficient (Wildman–Crippen LogP) is 7.93. The normalized spacial score (nSPS) is 19.8. The molecule has 1 nitrogen and oxygen atoms in total. The summed E-state index contributed by atoms with van der Waals surface area (Å²) in [5.74, 6) is 0.771. The minimum Gasteiger partial charge on any atom is -0.410 e. The molecule has 0 radical (unpaired) electrons. The largest absolute Gasteiger partial charge is 0.410 e. The van der Waals surface area contributed by atoms with E-state index in [1.54, 1.807) is 0 Å². The lowest BCUT2D eigenvalue weighted by Crippen LogP contribution is -2.41. The fourth-order valence-electron chi connectivity index (χ4n) is 3.19. The number of allylic oxidation sites excluding steroid dienone is 2. The zero-order valence-corrected chi connectivity index (χ0v) is 18.4. The van der Waals surface area contributed by atoms with Gasteiger partial charge in [0.2, 0.25) is 0 Å². The number of benzene rings is 1. The summed E-state index contributed by atoms with van der Waals surface area (Å²) in [6.45, 7) is 11.6. The summed E-state index contributed by atoms with van der Waals surface area (Å²) in [5.41, 5.74) is 1.27. The molecule has 0 amide bonds. The van der Waals surface area contributed by atoms with Gasteiger partial charge in [0.1, 0.15) is 0 Å². The lowest BCUT2D eigenvalue weighted by Gasteiger charge is -2.39. The first kappa shape index (κ1) is 20.7. The van der Waals surface area contributed by atoms with Crippen LogP contribution in [0.15, 0.2) is 36.4 Å². The first-order chi connectivity index (χ1) is 11.7. The summed E-state index contributed by atoms with van der Waals surface area (Å²) >= 11 is 6.09. The lowest BCUT2D eigenvalue weighted by atomic mass is 9.90. The van der Waals surface area contributed by atoms with E-state index in [9.17, 15) is 0 Å². The molecule has 0 aliphatic heterocycles. The summed E-state index contributed by atoms with van der Waals surface area (Å²) in [5, 5.41) is 1.02. The van der Waals surface area contributed by atoms with Gasteiger partial charge in [-0.3, -0.25) is 0 Å². The Hall–Kier alpha value is -0.573. The maximum atomic E-state index is 6.80. The highest BCUT2D eigenvalue weighted by Gasteiger charge is 2.39. The average Bonchev–Trinajstić information content (AvgIpc) is 2.54. The van der Waals surface area contributed by atoms with Gasteiger partial charge in [-0.05, 0) is 80.3 Å². The monoisotopic (exact) mass is 378 g/mol. The third-order valence-corrected chi connectivity index (χ3v) is 10.6. The average molecular weight is 379 g/mol. The number of halogens is 1. The van der Waals surface area contributed by atoms with E-state index >= 15 is 0 Å². The van der Waals surface area contributed by atoms with Gasteiger partial charge in [-0.1, -0.05) is 56.7 Å². The van der Waals surface area contributed by atoms with E-state index < -0.39 is 8.32 Å². The Kier molecular flexibility index (Phi) is 7.37. The van der Waals surface area contributed by atoms with Crippen molar-refractivity contribution in [2.75, 3.05) is 0 Å². The van der Waals surface area contributed by atoms with E-state index in [4.69, 9.17) is 16.0 Å². The zero-order valence-electron chi connectivity index (χ0n) is 16.6. The van der Waals surface area contributed by atoms with Gasteiger partial charge in [-0.15, -0.1) is 0 Å². The van der Waals surface area contributed by atoms with Crippen molar-refractivity contribution < 1.29 is 4.43 Å². The molecule has 0 N–H and O–H groups in total. The minimum atomic E-state index is -1.80. The molecule has 1 aromatic rings. The standard InChI is InChI=1S/C22H35ClOSi/c1-22(2,3)25(4,5)24-21(19-14-16-20(23)17-15-19)13-9-12-18-10-7-6-8-11-18/h7,10,14-18,21H,6,8-9,11-13H2,1-5H3. The van der Waals surface area contributed by atoms with Crippen LogP contribution >= 0.6 is 11.6 Å². The second-order valence-electron chi connectivity index (χ2n) is 8.97. The maximum absolute atomic E-state index is 6.80. The molecule has 1 aromatic carbocycles. The molecule has 0 fully saturated rings. The van der Waals surface area contributed by atoms with E-state index in [1.807, 2.05) is 12.1 Å². The van der Waals surface area contributed by atoms with E-state index in [1.165, 1.54) is 37.7 Å². The molecule has 0 saturated heterocycles. The fourth-order valence-corrected chi connectivity index (χ4v) is 4.64. The third kappa shape index (κ3) is 6.27. The highest BCUT2D eigenvalue weighted by Crippen LogP contribution is 2.41. The molecule has 0 saturated carbocycles. The van der Waals surface area contributed by atoms with Gasteiger partial charge < -0.3 is 4.43 Å². The van der Waals surface area contributed by atoms with Crippen LogP contribution in [0.3, 0.4) is 0 Å². The highest BCUT2D eigenvalue weighted by molar-refractivity contribution is 6.74. The molecule has 1 aliphatic carbocycles. The summed E-state index contributed by atoms with van der Waals surface area (Å²) in [6.07, 6.45) is 12.5. The smallest absolute Gasteiger partial charge is 0.192 e. The van der Waals surface area contributed by atoms with Crippen molar-refractivity contribution in [1.82, 2.24) is 0 Å². The molecule has 2 rings (SSSR count). The van der Waals surface area contributed by atoms with Gasteiger partial charge in [0.05, 0.1) is 6.10 Å². The Morgan fingerprint density at radius 1 is 1.20 bits per heavy atom. The molecule has 2 atom stereocenters. The summed E-state index contributed by atoms with van der Waals surface area (Å²) in [6, 6.07) is 8.26. The van der Waals surface area contributed by atoms with Crippen molar-refractivity contribution in [2.24, 2.45) is 5.92 Å². The van der Waals surface area contributed by atoms with Gasteiger partial charge in [-0.2, -0.15) is 0 Å². The Labute approximate surface area is 160 Å². The number of hydrogen-bond acceptors (Lipinski definition) is 1. The minimum absolute atomic E-state index is 0.186. The number of rotatable bonds is 7. The molecular weight excluding hydrogens is 344 g/mol. The molecule has 140 valence electrons.